The Morgan fingerprint density at radius 2 is 1.90 bits per heavy atom. The number of alkyl halides is 2. The molecule has 1 N–H and O–H groups in total. The van der Waals surface area contributed by atoms with Crippen LogP contribution in [0.25, 0.3) is 0 Å². The fraction of sp³-hybridized carbons (Fsp3) is 0.250. The van der Waals surface area contributed by atoms with Crippen molar-refractivity contribution >= 4 is 21.6 Å². The molecule has 0 aliphatic carbocycles. The minimum Gasteiger partial charge on any atom is -0.435 e. The molecule has 2 aromatic rings. The molecule has 5 heteroatoms. The number of benzene rings is 2. The molecule has 0 heterocycles. The van der Waals surface area contributed by atoms with Gasteiger partial charge in [-0.2, -0.15) is 8.78 Å². The SMILES string of the molecule is Cc1ccc(NC(C)c2cccc(OC(F)F)c2)cc1Br. The predicted molar refractivity (Wildman–Crippen MR) is 84.0 cm³/mol. The average Bonchev–Trinajstić information content (AvgIpc) is 2.42. The summed E-state index contributed by atoms with van der Waals surface area (Å²) in [5.74, 6) is 0.168. The Labute approximate surface area is 131 Å². The quantitative estimate of drug-likeness (QED) is 0.760. The maximum atomic E-state index is 12.2. The van der Waals surface area contributed by atoms with Gasteiger partial charge in [-0.1, -0.05) is 34.1 Å². The van der Waals surface area contributed by atoms with E-state index in [4.69, 9.17) is 0 Å². The van der Waals surface area contributed by atoms with Crippen molar-refractivity contribution in [3.05, 3.63) is 58.1 Å². The van der Waals surface area contributed by atoms with Crippen molar-refractivity contribution < 1.29 is 13.5 Å². The summed E-state index contributed by atoms with van der Waals surface area (Å²) in [7, 11) is 0. The summed E-state index contributed by atoms with van der Waals surface area (Å²) in [6.07, 6.45) is 0. The zero-order chi connectivity index (χ0) is 15.4. The van der Waals surface area contributed by atoms with Crippen molar-refractivity contribution in [3.8, 4) is 5.75 Å². The molecule has 0 bridgehead atoms. The Balaban J connectivity index is 2.12. The van der Waals surface area contributed by atoms with Crippen molar-refractivity contribution in [2.24, 2.45) is 0 Å². The largest absolute Gasteiger partial charge is 0.435 e. The summed E-state index contributed by atoms with van der Waals surface area (Å²) in [5.41, 5.74) is 2.99. The standard InChI is InChI=1S/C16H16BrF2NO/c1-10-6-7-13(9-15(10)17)20-11(2)12-4-3-5-14(8-12)21-16(18)19/h3-9,11,16,20H,1-2H3. The van der Waals surface area contributed by atoms with E-state index in [0.717, 1.165) is 21.3 Å². The molecular formula is C16H16BrF2NO. The Bertz CT molecular complexity index is 619. The first-order valence-corrected chi connectivity index (χ1v) is 7.32. The van der Waals surface area contributed by atoms with Crippen LogP contribution in [0, 0.1) is 6.92 Å². The Morgan fingerprint density at radius 3 is 2.57 bits per heavy atom. The van der Waals surface area contributed by atoms with Crippen LogP contribution in [0.4, 0.5) is 14.5 Å². The lowest BCUT2D eigenvalue weighted by Crippen LogP contribution is -2.08. The Kier molecular flexibility index (Phi) is 5.17. The van der Waals surface area contributed by atoms with Gasteiger partial charge in [0, 0.05) is 16.2 Å². The van der Waals surface area contributed by atoms with Crippen molar-refractivity contribution in [1.82, 2.24) is 0 Å². The van der Waals surface area contributed by atoms with Crippen LogP contribution in [0.1, 0.15) is 24.1 Å². The molecule has 21 heavy (non-hydrogen) atoms. The van der Waals surface area contributed by atoms with Crippen molar-refractivity contribution in [2.45, 2.75) is 26.5 Å². The second-order valence-corrected chi connectivity index (χ2v) is 5.64. The molecule has 0 saturated heterocycles. The van der Waals surface area contributed by atoms with E-state index in [1.807, 2.05) is 38.1 Å². The molecule has 0 aliphatic heterocycles. The van der Waals surface area contributed by atoms with Crippen molar-refractivity contribution in [1.29, 1.82) is 0 Å². The number of aryl methyl sites for hydroxylation is 1. The minimum atomic E-state index is -2.81. The third kappa shape index (κ3) is 4.43. The van der Waals surface area contributed by atoms with E-state index in [0.29, 0.717) is 0 Å². The summed E-state index contributed by atoms with van der Waals surface area (Å²) in [6.45, 7) is 1.18. The number of hydrogen-bond donors (Lipinski definition) is 1. The molecule has 0 radical (unpaired) electrons. The van der Waals surface area contributed by atoms with E-state index in [2.05, 4.69) is 26.0 Å². The highest BCUT2D eigenvalue weighted by Gasteiger charge is 2.09. The predicted octanol–water partition coefficient (Wildman–Crippen LogP) is 5.53. The van der Waals surface area contributed by atoms with Gasteiger partial charge in [-0.25, -0.2) is 0 Å². The topological polar surface area (TPSA) is 21.3 Å². The first kappa shape index (κ1) is 15.8. The molecule has 0 aliphatic rings. The smallest absolute Gasteiger partial charge is 0.387 e. The lowest BCUT2D eigenvalue weighted by Gasteiger charge is -2.17. The molecule has 0 aromatic heterocycles. The molecule has 2 aromatic carbocycles. The molecule has 1 atom stereocenters. The highest BCUT2D eigenvalue weighted by Crippen LogP contribution is 2.26. The van der Waals surface area contributed by atoms with Crippen LogP contribution >= 0.6 is 15.9 Å². The average molecular weight is 356 g/mol. The summed E-state index contributed by atoms with van der Waals surface area (Å²) in [5, 5.41) is 3.33. The van der Waals surface area contributed by atoms with Crippen LogP contribution in [0.2, 0.25) is 0 Å². The number of ether oxygens (including phenoxy) is 1. The van der Waals surface area contributed by atoms with Gasteiger partial charge in [0.1, 0.15) is 5.75 Å². The van der Waals surface area contributed by atoms with Crippen molar-refractivity contribution in [3.63, 3.8) is 0 Å². The van der Waals surface area contributed by atoms with E-state index in [1.165, 1.54) is 6.07 Å². The second kappa shape index (κ2) is 6.89. The van der Waals surface area contributed by atoms with Crippen LogP contribution < -0.4 is 10.1 Å². The summed E-state index contributed by atoms with van der Waals surface area (Å²) in [6, 6.07) is 12.7. The Hall–Kier alpha value is -1.62. The van der Waals surface area contributed by atoms with Crippen LogP contribution in [-0.4, -0.2) is 6.61 Å². The van der Waals surface area contributed by atoms with E-state index < -0.39 is 6.61 Å². The highest BCUT2D eigenvalue weighted by atomic mass is 79.9. The first-order valence-electron chi connectivity index (χ1n) is 6.53. The van der Waals surface area contributed by atoms with Gasteiger partial charge in [-0.3, -0.25) is 0 Å². The van der Waals surface area contributed by atoms with Gasteiger partial charge < -0.3 is 10.1 Å². The van der Waals surface area contributed by atoms with Gasteiger partial charge in [0.2, 0.25) is 0 Å². The fourth-order valence-electron chi connectivity index (χ4n) is 1.98. The maximum Gasteiger partial charge on any atom is 0.387 e. The molecule has 2 rings (SSSR count). The summed E-state index contributed by atoms with van der Waals surface area (Å²) in [4.78, 5) is 0. The van der Waals surface area contributed by atoms with Gasteiger partial charge >= 0.3 is 6.61 Å². The second-order valence-electron chi connectivity index (χ2n) is 4.78. The monoisotopic (exact) mass is 355 g/mol. The van der Waals surface area contributed by atoms with Gasteiger partial charge in [-0.15, -0.1) is 0 Å². The van der Waals surface area contributed by atoms with Gasteiger partial charge in [0.05, 0.1) is 0 Å². The number of halogens is 3. The van der Waals surface area contributed by atoms with Crippen LogP contribution in [0.3, 0.4) is 0 Å². The normalized spacial score (nSPS) is 12.3. The van der Waals surface area contributed by atoms with Crippen LogP contribution in [-0.2, 0) is 0 Å². The first-order chi connectivity index (χ1) is 9.95. The third-order valence-electron chi connectivity index (χ3n) is 3.14. The van der Waals surface area contributed by atoms with E-state index >= 15 is 0 Å². The summed E-state index contributed by atoms with van der Waals surface area (Å²) >= 11 is 3.49. The van der Waals surface area contributed by atoms with Gasteiger partial charge in [0.15, 0.2) is 0 Å². The molecule has 0 amide bonds. The van der Waals surface area contributed by atoms with E-state index in [1.54, 1.807) is 12.1 Å². The zero-order valence-corrected chi connectivity index (χ0v) is 13.3. The van der Waals surface area contributed by atoms with E-state index in [-0.39, 0.29) is 11.8 Å². The molecule has 0 saturated carbocycles. The summed E-state index contributed by atoms with van der Waals surface area (Å²) < 4.78 is 29.9. The lowest BCUT2D eigenvalue weighted by atomic mass is 10.1. The maximum absolute atomic E-state index is 12.2. The van der Waals surface area contributed by atoms with Crippen LogP contribution in [0.5, 0.6) is 5.75 Å². The number of hydrogen-bond acceptors (Lipinski definition) is 2. The molecule has 0 spiro atoms. The van der Waals surface area contributed by atoms with Crippen molar-refractivity contribution in [2.75, 3.05) is 5.32 Å². The lowest BCUT2D eigenvalue weighted by molar-refractivity contribution is -0.0498. The molecule has 0 fully saturated rings. The highest BCUT2D eigenvalue weighted by molar-refractivity contribution is 9.10. The number of anilines is 1. The van der Waals surface area contributed by atoms with Crippen LogP contribution in [0.15, 0.2) is 46.9 Å². The van der Waals surface area contributed by atoms with Gasteiger partial charge in [-0.05, 0) is 49.2 Å². The Morgan fingerprint density at radius 1 is 1.14 bits per heavy atom. The fourth-order valence-corrected chi connectivity index (χ4v) is 2.35. The number of rotatable bonds is 5. The molecular weight excluding hydrogens is 340 g/mol. The minimum absolute atomic E-state index is 0.0270. The van der Waals surface area contributed by atoms with E-state index in [9.17, 15) is 8.78 Å². The molecule has 112 valence electrons. The van der Waals surface area contributed by atoms with Gasteiger partial charge in [0.25, 0.3) is 0 Å². The molecule has 1 unspecified atom stereocenters. The zero-order valence-electron chi connectivity index (χ0n) is 11.7. The number of nitrogens with one attached hydrogen (secondary N) is 1. The third-order valence-corrected chi connectivity index (χ3v) is 3.99. The molecule has 2 nitrogen and oxygen atoms in total.